The van der Waals surface area contributed by atoms with Crippen LogP contribution >= 0.6 is 0 Å². The molecule has 1 aliphatic carbocycles. The molecule has 0 aromatic heterocycles. The van der Waals surface area contributed by atoms with Gasteiger partial charge in [0.25, 0.3) is 10.1 Å². The van der Waals surface area contributed by atoms with Crippen LogP contribution in [0.25, 0.3) is 4.85 Å². The number of rotatable bonds is 12. The number of nitrogens with zero attached hydrogens (tertiary/aromatic N) is 2. The monoisotopic (exact) mass is 482 g/mol. The fourth-order valence-corrected chi connectivity index (χ4v) is 5.83. The first-order valence-electron chi connectivity index (χ1n) is 11.8. The van der Waals surface area contributed by atoms with Crippen LogP contribution in [0, 0.1) is 17.8 Å². The molecule has 0 bridgehead atoms. The summed E-state index contributed by atoms with van der Waals surface area (Å²) >= 11 is 0. The van der Waals surface area contributed by atoms with E-state index in [2.05, 4.69) is 11.8 Å². The topological polar surface area (TPSA) is 91.4 Å². The molecule has 2 fully saturated rings. The average Bonchev–Trinajstić information content (AvgIpc) is 3.14. The van der Waals surface area contributed by atoms with E-state index in [1.165, 1.54) is 12.1 Å². The maximum absolute atomic E-state index is 14.6. The number of benzene rings is 1. The molecule has 2 N–H and O–H groups in total. The lowest BCUT2D eigenvalue weighted by atomic mass is 9.61. The summed E-state index contributed by atoms with van der Waals surface area (Å²) in [7, 11) is -3.97. The standard InChI is InChI=1S/C24H35FN2O5S/c1-3-8-24(9-6-10-24)23(28)18-14-19(25)16-20(15-18)27-11-7-21(26-2)22(27)17-32-12-4-5-13-33(29,30)31/h14-16,21-23,28H,3-13,17H2,1H3,(H,29,30,31). The summed E-state index contributed by atoms with van der Waals surface area (Å²) in [5.74, 6) is -0.700. The van der Waals surface area contributed by atoms with E-state index in [0.717, 1.165) is 32.1 Å². The zero-order valence-corrected chi connectivity index (χ0v) is 20.1. The predicted molar refractivity (Wildman–Crippen MR) is 125 cm³/mol. The van der Waals surface area contributed by atoms with E-state index in [0.29, 0.717) is 43.7 Å². The van der Waals surface area contributed by atoms with Crippen LogP contribution in [0.15, 0.2) is 18.2 Å². The number of halogens is 1. The van der Waals surface area contributed by atoms with Gasteiger partial charge in [-0.1, -0.05) is 19.8 Å². The molecule has 1 saturated carbocycles. The fourth-order valence-electron chi connectivity index (χ4n) is 5.26. The maximum atomic E-state index is 14.6. The van der Waals surface area contributed by atoms with E-state index in [1.807, 2.05) is 11.0 Å². The van der Waals surface area contributed by atoms with Crippen LogP contribution in [0.3, 0.4) is 0 Å². The Labute approximate surface area is 196 Å². The predicted octanol–water partition coefficient (Wildman–Crippen LogP) is 4.38. The van der Waals surface area contributed by atoms with E-state index in [9.17, 15) is 17.9 Å². The van der Waals surface area contributed by atoms with Crippen molar-refractivity contribution in [3.05, 3.63) is 41.0 Å². The number of aliphatic hydroxyl groups is 1. The van der Waals surface area contributed by atoms with Crippen LogP contribution in [0.1, 0.15) is 70.0 Å². The van der Waals surface area contributed by atoms with Crippen LogP contribution in [0.4, 0.5) is 10.1 Å². The van der Waals surface area contributed by atoms with Gasteiger partial charge in [-0.15, -0.1) is 0 Å². The molecule has 1 aromatic rings. The number of ether oxygens (including phenoxy) is 1. The zero-order chi connectivity index (χ0) is 24.1. The van der Waals surface area contributed by atoms with Crippen LogP contribution in [0.5, 0.6) is 0 Å². The van der Waals surface area contributed by atoms with Gasteiger partial charge in [-0.25, -0.2) is 11.0 Å². The zero-order valence-electron chi connectivity index (χ0n) is 19.2. The summed E-state index contributed by atoms with van der Waals surface area (Å²) in [5.41, 5.74) is 1.07. The number of unbranched alkanes of at least 4 members (excludes halogenated alkanes) is 1. The Morgan fingerprint density at radius 2 is 2.09 bits per heavy atom. The first kappa shape index (κ1) is 25.9. The molecule has 7 nitrogen and oxygen atoms in total. The minimum Gasteiger partial charge on any atom is -0.388 e. The van der Waals surface area contributed by atoms with Crippen molar-refractivity contribution in [2.45, 2.75) is 76.5 Å². The summed E-state index contributed by atoms with van der Waals surface area (Å²) in [6, 6.07) is 4.21. The Bertz CT molecular complexity index is 945. The highest BCUT2D eigenvalue weighted by atomic mass is 32.2. The Morgan fingerprint density at radius 3 is 2.70 bits per heavy atom. The minimum atomic E-state index is -3.97. The van der Waals surface area contributed by atoms with Gasteiger partial charge in [-0.05, 0) is 55.9 Å². The lowest BCUT2D eigenvalue weighted by Gasteiger charge is -2.46. The Balaban J connectivity index is 1.69. The second kappa shape index (κ2) is 11.1. The number of hydrogen-bond acceptors (Lipinski definition) is 5. The largest absolute Gasteiger partial charge is 0.388 e. The van der Waals surface area contributed by atoms with Gasteiger partial charge in [0.05, 0.1) is 18.5 Å². The molecule has 33 heavy (non-hydrogen) atoms. The molecular formula is C24H35FN2O5S. The Hall–Kier alpha value is -1.73. The lowest BCUT2D eigenvalue weighted by molar-refractivity contribution is -0.0441. The van der Waals surface area contributed by atoms with Gasteiger partial charge in [0.15, 0.2) is 0 Å². The molecule has 184 valence electrons. The molecule has 0 radical (unpaired) electrons. The minimum absolute atomic E-state index is 0.172. The van der Waals surface area contributed by atoms with Crippen molar-refractivity contribution in [1.29, 1.82) is 0 Å². The van der Waals surface area contributed by atoms with Crippen LogP contribution < -0.4 is 4.90 Å². The van der Waals surface area contributed by atoms with E-state index in [1.54, 1.807) is 0 Å². The van der Waals surface area contributed by atoms with Crippen LogP contribution in [-0.4, -0.2) is 55.7 Å². The van der Waals surface area contributed by atoms with Crippen molar-refractivity contribution < 1.29 is 27.2 Å². The third-order valence-electron chi connectivity index (χ3n) is 7.14. The molecule has 2 aliphatic rings. The average molecular weight is 483 g/mol. The van der Waals surface area contributed by atoms with Gasteiger partial charge in [-0.2, -0.15) is 8.42 Å². The van der Waals surface area contributed by atoms with E-state index < -0.39 is 22.0 Å². The fraction of sp³-hybridized carbons (Fsp3) is 0.708. The SMILES string of the molecule is [C-]#[N+]C1CCN(c2cc(F)cc(C(O)C3(CCC)CCC3)c2)C1COCCCCS(=O)(=O)O. The van der Waals surface area contributed by atoms with Gasteiger partial charge in [-0.3, -0.25) is 4.55 Å². The normalized spacial score (nSPS) is 23.2. The van der Waals surface area contributed by atoms with Gasteiger partial charge >= 0.3 is 0 Å². The van der Waals surface area contributed by atoms with Gasteiger partial charge in [0.2, 0.25) is 6.04 Å². The molecule has 1 saturated heterocycles. The number of anilines is 1. The maximum Gasteiger partial charge on any atom is 0.264 e. The molecule has 1 heterocycles. The quantitative estimate of drug-likeness (QED) is 0.261. The molecular weight excluding hydrogens is 447 g/mol. The molecule has 0 spiro atoms. The Morgan fingerprint density at radius 1 is 1.33 bits per heavy atom. The smallest absolute Gasteiger partial charge is 0.264 e. The van der Waals surface area contributed by atoms with Gasteiger partial charge < -0.3 is 19.6 Å². The molecule has 9 heteroatoms. The summed E-state index contributed by atoms with van der Waals surface area (Å²) < 4.78 is 50.8. The number of hydrogen-bond donors (Lipinski definition) is 2. The molecule has 1 aromatic carbocycles. The Kier molecular flexibility index (Phi) is 8.73. The highest BCUT2D eigenvalue weighted by Gasteiger charge is 2.44. The summed E-state index contributed by atoms with van der Waals surface area (Å²) in [6.07, 6.45) is 5.58. The van der Waals surface area contributed by atoms with Crippen molar-refractivity contribution in [3.63, 3.8) is 0 Å². The lowest BCUT2D eigenvalue weighted by Crippen LogP contribution is -2.39. The molecule has 1 aliphatic heterocycles. The van der Waals surface area contributed by atoms with E-state index in [4.69, 9.17) is 15.9 Å². The second-order valence-corrected chi connectivity index (χ2v) is 11.0. The van der Waals surface area contributed by atoms with Gasteiger partial charge in [0, 0.05) is 30.7 Å². The van der Waals surface area contributed by atoms with Crippen LogP contribution in [0.2, 0.25) is 0 Å². The van der Waals surface area contributed by atoms with Crippen molar-refractivity contribution in [1.82, 2.24) is 0 Å². The highest BCUT2D eigenvalue weighted by molar-refractivity contribution is 7.85. The summed E-state index contributed by atoms with van der Waals surface area (Å²) in [5, 5.41) is 11.1. The molecule has 3 unspecified atom stereocenters. The molecule has 0 amide bonds. The molecule has 3 rings (SSSR count). The first-order chi connectivity index (χ1) is 15.7. The second-order valence-electron chi connectivity index (χ2n) is 9.43. The van der Waals surface area contributed by atoms with Gasteiger partial charge in [0.1, 0.15) is 11.9 Å². The van der Waals surface area contributed by atoms with Crippen molar-refractivity contribution >= 4 is 15.8 Å². The third-order valence-corrected chi connectivity index (χ3v) is 7.94. The van der Waals surface area contributed by atoms with Crippen LogP contribution in [-0.2, 0) is 14.9 Å². The summed E-state index contributed by atoms with van der Waals surface area (Å²) in [4.78, 5) is 5.72. The summed E-state index contributed by atoms with van der Waals surface area (Å²) in [6.45, 7) is 10.8. The van der Waals surface area contributed by atoms with Crippen molar-refractivity contribution in [2.24, 2.45) is 5.41 Å². The van der Waals surface area contributed by atoms with Crippen molar-refractivity contribution in [3.8, 4) is 0 Å². The van der Waals surface area contributed by atoms with E-state index >= 15 is 0 Å². The number of aliphatic hydroxyl groups excluding tert-OH is 1. The highest BCUT2D eigenvalue weighted by Crippen LogP contribution is 2.53. The molecule has 3 atom stereocenters. The van der Waals surface area contributed by atoms with Crippen molar-refractivity contribution in [2.75, 3.05) is 30.4 Å². The first-order valence-corrected chi connectivity index (χ1v) is 13.4. The van der Waals surface area contributed by atoms with E-state index in [-0.39, 0.29) is 29.9 Å². The third kappa shape index (κ3) is 6.44.